The van der Waals surface area contributed by atoms with Crippen LogP contribution in [0.4, 0.5) is 0 Å². The van der Waals surface area contributed by atoms with Gasteiger partial charge in [-0.2, -0.15) is 0 Å². The van der Waals surface area contributed by atoms with Gasteiger partial charge in [-0.15, -0.1) is 0 Å². The largest absolute Gasteiger partial charge is 0.347 e. The first kappa shape index (κ1) is 19.6. The highest BCUT2D eigenvalue weighted by Gasteiger charge is 2.13. The summed E-state index contributed by atoms with van der Waals surface area (Å²) >= 11 is 6.10. The van der Waals surface area contributed by atoms with Gasteiger partial charge in [0, 0.05) is 18.1 Å². The van der Waals surface area contributed by atoms with Crippen molar-refractivity contribution >= 4 is 23.4 Å². The standard InChI is InChI=1S/C22H20ClN3O2/c1-15-7-2-3-8-16(15)13-24-21(27)19-11-6-12-20(26-19)22(28)25-14-17-9-4-5-10-18(17)23/h2-12H,13-14H2,1H3,(H,24,27)(H,25,28). The monoisotopic (exact) mass is 393 g/mol. The fraction of sp³-hybridized carbons (Fsp3) is 0.136. The van der Waals surface area contributed by atoms with Crippen molar-refractivity contribution < 1.29 is 9.59 Å². The van der Waals surface area contributed by atoms with Crippen LogP contribution >= 0.6 is 11.6 Å². The van der Waals surface area contributed by atoms with E-state index >= 15 is 0 Å². The number of halogens is 1. The molecule has 0 aliphatic carbocycles. The first-order valence-electron chi connectivity index (χ1n) is 8.86. The third kappa shape index (κ3) is 4.96. The Morgan fingerprint density at radius 3 is 1.93 bits per heavy atom. The number of hydrogen-bond acceptors (Lipinski definition) is 3. The quantitative estimate of drug-likeness (QED) is 0.667. The van der Waals surface area contributed by atoms with Gasteiger partial charge in [0.15, 0.2) is 0 Å². The van der Waals surface area contributed by atoms with E-state index in [9.17, 15) is 9.59 Å². The lowest BCUT2D eigenvalue weighted by atomic mass is 10.1. The van der Waals surface area contributed by atoms with Gasteiger partial charge in [-0.25, -0.2) is 4.98 Å². The first-order chi connectivity index (χ1) is 13.5. The van der Waals surface area contributed by atoms with Crippen LogP contribution in [0.15, 0.2) is 66.7 Å². The van der Waals surface area contributed by atoms with Gasteiger partial charge in [0.05, 0.1) is 0 Å². The molecule has 0 saturated heterocycles. The summed E-state index contributed by atoms with van der Waals surface area (Å²) in [5.74, 6) is -0.697. The minimum absolute atomic E-state index is 0.176. The molecular formula is C22H20ClN3O2. The van der Waals surface area contributed by atoms with Crippen LogP contribution in [0.25, 0.3) is 0 Å². The van der Waals surface area contributed by atoms with Gasteiger partial charge in [0.1, 0.15) is 11.4 Å². The molecule has 0 atom stereocenters. The Labute approximate surface area is 168 Å². The third-order valence-electron chi connectivity index (χ3n) is 4.31. The van der Waals surface area contributed by atoms with Gasteiger partial charge in [0.25, 0.3) is 11.8 Å². The van der Waals surface area contributed by atoms with Crippen LogP contribution in [0.1, 0.15) is 37.7 Å². The van der Waals surface area contributed by atoms with Crippen LogP contribution in [0.2, 0.25) is 5.02 Å². The SMILES string of the molecule is Cc1ccccc1CNC(=O)c1cccc(C(=O)NCc2ccccc2Cl)n1. The molecule has 28 heavy (non-hydrogen) atoms. The molecule has 0 bridgehead atoms. The maximum absolute atomic E-state index is 12.4. The normalized spacial score (nSPS) is 10.4. The molecule has 0 radical (unpaired) electrons. The molecule has 1 heterocycles. The molecule has 2 aromatic carbocycles. The molecule has 0 unspecified atom stereocenters. The summed E-state index contributed by atoms with van der Waals surface area (Å²) in [7, 11) is 0. The summed E-state index contributed by atoms with van der Waals surface area (Å²) in [6.07, 6.45) is 0. The molecule has 2 amide bonds. The van der Waals surface area contributed by atoms with Crippen molar-refractivity contribution in [3.05, 3.63) is 99.8 Å². The summed E-state index contributed by atoms with van der Waals surface area (Å²) in [5.41, 5.74) is 3.31. The lowest BCUT2D eigenvalue weighted by molar-refractivity contribution is 0.0941. The zero-order valence-electron chi connectivity index (χ0n) is 15.4. The van der Waals surface area contributed by atoms with Crippen LogP contribution in [0, 0.1) is 6.92 Å². The minimum atomic E-state index is -0.367. The van der Waals surface area contributed by atoms with Crippen molar-refractivity contribution in [1.29, 1.82) is 0 Å². The zero-order chi connectivity index (χ0) is 19.9. The van der Waals surface area contributed by atoms with Crippen LogP contribution in [-0.4, -0.2) is 16.8 Å². The van der Waals surface area contributed by atoms with Crippen molar-refractivity contribution in [3.63, 3.8) is 0 Å². The summed E-state index contributed by atoms with van der Waals surface area (Å²) in [4.78, 5) is 29.0. The number of pyridine rings is 1. The van der Waals surface area contributed by atoms with E-state index in [1.54, 1.807) is 24.3 Å². The topological polar surface area (TPSA) is 71.1 Å². The summed E-state index contributed by atoms with van der Waals surface area (Å²) < 4.78 is 0. The Balaban J connectivity index is 1.62. The van der Waals surface area contributed by atoms with E-state index in [1.807, 2.05) is 49.4 Å². The highest BCUT2D eigenvalue weighted by atomic mass is 35.5. The van der Waals surface area contributed by atoms with E-state index in [0.29, 0.717) is 11.6 Å². The Morgan fingerprint density at radius 1 is 0.786 bits per heavy atom. The van der Waals surface area contributed by atoms with Crippen molar-refractivity contribution in [2.24, 2.45) is 0 Å². The van der Waals surface area contributed by atoms with Gasteiger partial charge in [-0.3, -0.25) is 9.59 Å². The van der Waals surface area contributed by atoms with Crippen molar-refractivity contribution in [1.82, 2.24) is 15.6 Å². The number of benzene rings is 2. The Kier molecular flexibility index (Phi) is 6.40. The molecule has 0 aliphatic rings. The molecule has 0 spiro atoms. The number of hydrogen-bond donors (Lipinski definition) is 2. The van der Waals surface area contributed by atoms with Gasteiger partial charge in [-0.1, -0.05) is 60.1 Å². The molecule has 1 aromatic heterocycles. The Bertz CT molecular complexity index is 928. The second-order valence-electron chi connectivity index (χ2n) is 6.29. The Morgan fingerprint density at radius 2 is 1.32 bits per heavy atom. The fourth-order valence-electron chi connectivity index (χ4n) is 2.67. The van der Waals surface area contributed by atoms with E-state index in [1.165, 1.54) is 0 Å². The first-order valence-corrected chi connectivity index (χ1v) is 9.24. The molecule has 0 saturated carbocycles. The maximum atomic E-state index is 12.4. The lowest BCUT2D eigenvalue weighted by Gasteiger charge is -2.09. The zero-order valence-corrected chi connectivity index (χ0v) is 16.2. The number of rotatable bonds is 6. The maximum Gasteiger partial charge on any atom is 0.270 e. The number of nitrogens with zero attached hydrogens (tertiary/aromatic N) is 1. The number of nitrogens with one attached hydrogen (secondary N) is 2. The van der Waals surface area contributed by atoms with Gasteiger partial charge in [0.2, 0.25) is 0 Å². The van der Waals surface area contributed by atoms with Crippen LogP contribution in [0.3, 0.4) is 0 Å². The predicted octanol–water partition coefficient (Wildman–Crippen LogP) is 3.90. The predicted molar refractivity (Wildman–Crippen MR) is 109 cm³/mol. The highest BCUT2D eigenvalue weighted by molar-refractivity contribution is 6.31. The molecule has 2 N–H and O–H groups in total. The van der Waals surface area contributed by atoms with E-state index in [4.69, 9.17) is 11.6 Å². The van der Waals surface area contributed by atoms with Crippen LogP contribution in [-0.2, 0) is 13.1 Å². The average molecular weight is 394 g/mol. The number of amides is 2. The van der Waals surface area contributed by atoms with Crippen LogP contribution in [0.5, 0.6) is 0 Å². The third-order valence-corrected chi connectivity index (χ3v) is 4.68. The number of carbonyl (C=O) groups excluding carboxylic acids is 2. The van der Waals surface area contributed by atoms with Gasteiger partial charge >= 0.3 is 0 Å². The number of carbonyl (C=O) groups is 2. The minimum Gasteiger partial charge on any atom is -0.347 e. The Hall–Kier alpha value is -3.18. The summed E-state index contributed by atoms with van der Waals surface area (Å²) in [6.45, 7) is 2.67. The van der Waals surface area contributed by atoms with Crippen molar-refractivity contribution in [2.75, 3.05) is 0 Å². The van der Waals surface area contributed by atoms with Gasteiger partial charge < -0.3 is 10.6 Å². The highest BCUT2D eigenvalue weighted by Crippen LogP contribution is 2.14. The van der Waals surface area contributed by atoms with Crippen LogP contribution < -0.4 is 10.6 Å². The number of aromatic nitrogens is 1. The number of aryl methyl sites for hydroxylation is 1. The van der Waals surface area contributed by atoms with E-state index in [-0.39, 0.29) is 29.7 Å². The molecule has 3 rings (SSSR count). The molecule has 5 nitrogen and oxygen atoms in total. The summed E-state index contributed by atoms with van der Waals surface area (Å²) in [6, 6.07) is 19.9. The molecule has 0 fully saturated rings. The smallest absolute Gasteiger partial charge is 0.270 e. The second-order valence-corrected chi connectivity index (χ2v) is 6.70. The molecule has 142 valence electrons. The molecular weight excluding hydrogens is 374 g/mol. The fourth-order valence-corrected chi connectivity index (χ4v) is 2.87. The summed E-state index contributed by atoms with van der Waals surface area (Å²) in [5, 5.41) is 6.19. The molecule has 3 aromatic rings. The van der Waals surface area contributed by atoms with Crippen molar-refractivity contribution in [2.45, 2.75) is 20.0 Å². The molecule has 0 aliphatic heterocycles. The second kappa shape index (κ2) is 9.15. The average Bonchev–Trinajstić information content (AvgIpc) is 2.72. The van der Waals surface area contributed by atoms with Crippen molar-refractivity contribution in [3.8, 4) is 0 Å². The van der Waals surface area contributed by atoms with E-state index in [2.05, 4.69) is 15.6 Å². The lowest BCUT2D eigenvalue weighted by Crippen LogP contribution is -2.27. The van der Waals surface area contributed by atoms with E-state index < -0.39 is 0 Å². The van der Waals surface area contributed by atoms with E-state index in [0.717, 1.165) is 16.7 Å². The van der Waals surface area contributed by atoms with Gasteiger partial charge in [-0.05, 0) is 41.8 Å². The molecule has 6 heteroatoms.